The molecular weight excluding hydrogens is 308 g/mol. The van der Waals surface area contributed by atoms with E-state index >= 15 is 0 Å². The largest absolute Gasteiger partial charge is 0.618 e. The highest BCUT2D eigenvalue weighted by Crippen LogP contribution is 2.17. The Morgan fingerprint density at radius 2 is 1.75 bits per heavy atom. The lowest BCUT2D eigenvalue weighted by atomic mass is 10.0. The summed E-state index contributed by atoms with van der Waals surface area (Å²) in [6.45, 7) is 5.62. The molecule has 0 saturated carbocycles. The van der Waals surface area contributed by atoms with Crippen molar-refractivity contribution in [2.45, 2.75) is 32.8 Å². The number of esters is 1. The zero-order chi connectivity index (χ0) is 17.7. The van der Waals surface area contributed by atoms with Gasteiger partial charge in [-0.25, -0.2) is 4.79 Å². The Balaban J connectivity index is 1.97. The topological polar surface area (TPSA) is 82.3 Å². The SMILES string of the molecule is CC(C)c1ccc(NC(=O)[C@H](C)OC(=O)c2cccc[n+]2[O-])cc1. The van der Waals surface area contributed by atoms with Gasteiger partial charge in [-0.05, 0) is 36.6 Å². The Morgan fingerprint density at radius 3 is 2.33 bits per heavy atom. The average molecular weight is 328 g/mol. The number of aromatic nitrogens is 1. The normalized spacial score (nSPS) is 11.8. The fourth-order valence-electron chi connectivity index (χ4n) is 2.06. The van der Waals surface area contributed by atoms with E-state index in [1.54, 1.807) is 18.2 Å². The summed E-state index contributed by atoms with van der Waals surface area (Å²) in [6, 6.07) is 11.8. The number of hydrogen-bond donors (Lipinski definition) is 1. The van der Waals surface area contributed by atoms with E-state index < -0.39 is 18.0 Å². The number of carbonyl (C=O) groups is 2. The van der Waals surface area contributed by atoms with Crippen molar-refractivity contribution in [2.75, 3.05) is 5.32 Å². The second-order valence-corrected chi connectivity index (χ2v) is 5.73. The van der Waals surface area contributed by atoms with Gasteiger partial charge in [-0.2, -0.15) is 4.73 Å². The lowest BCUT2D eigenvalue weighted by Gasteiger charge is -2.14. The molecule has 0 unspecified atom stereocenters. The number of ether oxygens (including phenoxy) is 1. The van der Waals surface area contributed by atoms with E-state index in [9.17, 15) is 14.8 Å². The van der Waals surface area contributed by atoms with Crippen LogP contribution in [0.3, 0.4) is 0 Å². The number of anilines is 1. The molecule has 6 nitrogen and oxygen atoms in total. The molecule has 1 aromatic heterocycles. The van der Waals surface area contributed by atoms with E-state index in [4.69, 9.17) is 4.74 Å². The predicted octanol–water partition coefficient (Wildman–Crippen LogP) is 2.63. The summed E-state index contributed by atoms with van der Waals surface area (Å²) < 4.78 is 5.44. The van der Waals surface area contributed by atoms with Gasteiger partial charge in [0.05, 0.1) is 0 Å². The quantitative estimate of drug-likeness (QED) is 0.519. The van der Waals surface area contributed by atoms with Crippen LogP contribution in [0.15, 0.2) is 48.7 Å². The smallest absolute Gasteiger partial charge is 0.405 e. The van der Waals surface area contributed by atoms with Crippen molar-refractivity contribution in [1.82, 2.24) is 0 Å². The maximum Gasteiger partial charge on any atom is 0.405 e. The van der Waals surface area contributed by atoms with E-state index in [2.05, 4.69) is 19.2 Å². The van der Waals surface area contributed by atoms with Gasteiger partial charge >= 0.3 is 11.7 Å². The van der Waals surface area contributed by atoms with Gasteiger partial charge < -0.3 is 15.3 Å². The van der Waals surface area contributed by atoms with Crippen LogP contribution in [0.4, 0.5) is 5.69 Å². The maximum absolute atomic E-state index is 12.1. The first-order valence-corrected chi connectivity index (χ1v) is 7.68. The highest BCUT2D eigenvalue weighted by atomic mass is 16.6. The van der Waals surface area contributed by atoms with Crippen molar-refractivity contribution in [3.63, 3.8) is 0 Å². The van der Waals surface area contributed by atoms with Crippen molar-refractivity contribution in [1.29, 1.82) is 0 Å². The summed E-state index contributed by atoms with van der Waals surface area (Å²) in [5, 5.41) is 14.2. The maximum atomic E-state index is 12.1. The van der Waals surface area contributed by atoms with Gasteiger partial charge in [-0.15, -0.1) is 0 Å². The van der Waals surface area contributed by atoms with Crippen molar-refractivity contribution in [2.24, 2.45) is 0 Å². The Morgan fingerprint density at radius 1 is 1.08 bits per heavy atom. The van der Waals surface area contributed by atoms with Gasteiger partial charge in [-0.1, -0.05) is 26.0 Å². The molecular formula is C18H20N2O4. The minimum atomic E-state index is -1.03. The Labute approximate surface area is 140 Å². The molecule has 2 rings (SSSR count). The standard InChI is InChI=1S/C18H20N2O4/c1-12(2)14-7-9-15(10-8-14)19-17(21)13(3)24-18(22)16-6-4-5-11-20(16)23/h4-13H,1-3H3,(H,19,21)/t13-/m0/s1. The molecule has 1 amide bonds. The van der Waals surface area contributed by atoms with Crippen LogP contribution < -0.4 is 10.0 Å². The first-order chi connectivity index (χ1) is 11.4. The first kappa shape index (κ1) is 17.5. The van der Waals surface area contributed by atoms with Crippen LogP contribution in [0.5, 0.6) is 0 Å². The lowest BCUT2D eigenvalue weighted by molar-refractivity contribution is -0.608. The van der Waals surface area contributed by atoms with Gasteiger partial charge in [0.15, 0.2) is 12.3 Å². The van der Waals surface area contributed by atoms with E-state index in [1.807, 2.05) is 12.1 Å². The third-order valence-electron chi connectivity index (χ3n) is 3.53. The molecule has 1 atom stereocenters. The molecule has 0 bridgehead atoms. The minimum Gasteiger partial charge on any atom is -0.618 e. The van der Waals surface area contributed by atoms with Crippen LogP contribution in [0.2, 0.25) is 0 Å². The van der Waals surface area contributed by atoms with E-state index in [-0.39, 0.29) is 5.69 Å². The van der Waals surface area contributed by atoms with E-state index in [1.165, 1.54) is 25.3 Å². The highest BCUT2D eigenvalue weighted by Gasteiger charge is 2.23. The summed E-state index contributed by atoms with van der Waals surface area (Å²) in [4.78, 5) is 24.0. The summed E-state index contributed by atoms with van der Waals surface area (Å²) >= 11 is 0. The fraction of sp³-hybridized carbons (Fsp3) is 0.278. The molecule has 1 heterocycles. The molecule has 0 aliphatic carbocycles. The molecule has 6 heteroatoms. The predicted molar refractivity (Wildman–Crippen MR) is 89.4 cm³/mol. The Hall–Kier alpha value is -2.89. The van der Waals surface area contributed by atoms with Crippen LogP contribution in [0, 0.1) is 5.21 Å². The lowest BCUT2D eigenvalue weighted by Crippen LogP contribution is -2.37. The Kier molecular flexibility index (Phi) is 5.52. The molecule has 0 aliphatic rings. The van der Waals surface area contributed by atoms with Gasteiger partial charge in [0.2, 0.25) is 0 Å². The molecule has 126 valence electrons. The van der Waals surface area contributed by atoms with Crippen LogP contribution in [-0.4, -0.2) is 18.0 Å². The molecule has 0 fully saturated rings. The third kappa shape index (κ3) is 4.32. The third-order valence-corrected chi connectivity index (χ3v) is 3.53. The van der Waals surface area contributed by atoms with Gasteiger partial charge in [0.25, 0.3) is 5.91 Å². The van der Waals surface area contributed by atoms with Crippen LogP contribution in [0.25, 0.3) is 0 Å². The molecule has 0 spiro atoms. The number of carbonyl (C=O) groups excluding carboxylic acids is 2. The molecule has 2 aromatic rings. The first-order valence-electron chi connectivity index (χ1n) is 7.68. The van der Waals surface area contributed by atoms with E-state index in [0.717, 1.165) is 5.56 Å². The van der Waals surface area contributed by atoms with Crippen molar-refractivity contribution in [3.8, 4) is 0 Å². The summed E-state index contributed by atoms with van der Waals surface area (Å²) in [7, 11) is 0. The minimum absolute atomic E-state index is 0.168. The van der Waals surface area contributed by atoms with Crippen molar-refractivity contribution >= 4 is 17.6 Å². The molecule has 0 radical (unpaired) electrons. The average Bonchev–Trinajstić information content (AvgIpc) is 2.55. The zero-order valence-electron chi connectivity index (χ0n) is 13.9. The number of amides is 1. The fourth-order valence-corrected chi connectivity index (χ4v) is 2.06. The van der Waals surface area contributed by atoms with Crippen LogP contribution >= 0.6 is 0 Å². The molecule has 0 aliphatic heterocycles. The van der Waals surface area contributed by atoms with Gasteiger partial charge in [0.1, 0.15) is 0 Å². The summed E-state index contributed by atoms with van der Waals surface area (Å²) in [5.74, 6) is -0.906. The summed E-state index contributed by atoms with van der Waals surface area (Å²) in [5.41, 5.74) is 1.61. The summed E-state index contributed by atoms with van der Waals surface area (Å²) in [6.07, 6.45) is 0.167. The second kappa shape index (κ2) is 7.59. The van der Waals surface area contributed by atoms with Crippen LogP contribution in [0.1, 0.15) is 42.7 Å². The van der Waals surface area contributed by atoms with E-state index in [0.29, 0.717) is 16.3 Å². The molecule has 0 saturated heterocycles. The number of rotatable bonds is 5. The molecule has 1 N–H and O–H groups in total. The van der Waals surface area contributed by atoms with Gasteiger partial charge in [-0.3, -0.25) is 4.79 Å². The molecule has 24 heavy (non-hydrogen) atoms. The number of nitrogens with zero attached hydrogens (tertiary/aromatic N) is 1. The Bertz CT molecular complexity index is 726. The number of nitrogens with one attached hydrogen (secondary N) is 1. The van der Waals surface area contributed by atoms with Crippen molar-refractivity contribution in [3.05, 3.63) is 65.1 Å². The molecule has 1 aromatic carbocycles. The number of hydrogen-bond acceptors (Lipinski definition) is 4. The second-order valence-electron chi connectivity index (χ2n) is 5.73. The zero-order valence-corrected chi connectivity index (χ0v) is 13.9. The monoisotopic (exact) mass is 328 g/mol. The number of benzene rings is 1. The highest BCUT2D eigenvalue weighted by molar-refractivity contribution is 5.96. The van der Waals surface area contributed by atoms with Gasteiger partial charge in [0, 0.05) is 17.8 Å². The van der Waals surface area contributed by atoms with Crippen LogP contribution in [-0.2, 0) is 9.53 Å². The van der Waals surface area contributed by atoms with Crippen molar-refractivity contribution < 1.29 is 19.1 Å². The number of pyridine rings is 1.